The molecule has 0 spiro atoms. The molecule has 6 nitrogen and oxygen atoms in total. The molecule has 3 heterocycles. The lowest BCUT2D eigenvalue weighted by atomic mass is 9.79. The third kappa shape index (κ3) is 2.62. The number of anilines is 1. The molecule has 0 unspecified atom stereocenters. The van der Waals surface area contributed by atoms with E-state index in [1.165, 1.54) is 4.90 Å². The van der Waals surface area contributed by atoms with Gasteiger partial charge in [0.25, 0.3) is 0 Å². The lowest BCUT2D eigenvalue weighted by Crippen LogP contribution is -2.51. The number of carbonyl (C=O) groups excluding carboxylic acids is 3. The van der Waals surface area contributed by atoms with Gasteiger partial charge >= 0.3 is 0 Å². The Balaban J connectivity index is 1.82. The van der Waals surface area contributed by atoms with Crippen LogP contribution in [0.15, 0.2) is 30.3 Å². The molecule has 28 heavy (non-hydrogen) atoms. The summed E-state index contributed by atoms with van der Waals surface area (Å²) in [5.41, 5.74) is 1.29. The van der Waals surface area contributed by atoms with Crippen LogP contribution >= 0.6 is 0 Å². The molecule has 1 aromatic carbocycles. The topological polar surface area (TPSA) is 66.9 Å². The smallest absolute Gasteiger partial charge is 0.235 e. The molecule has 148 valence electrons. The molecule has 0 N–H and O–H groups in total. The van der Waals surface area contributed by atoms with E-state index in [2.05, 4.69) is 0 Å². The van der Waals surface area contributed by atoms with Gasteiger partial charge in [-0.3, -0.25) is 19.3 Å². The highest BCUT2D eigenvalue weighted by Crippen LogP contribution is 2.49. The van der Waals surface area contributed by atoms with Crippen LogP contribution in [0, 0.1) is 17.3 Å². The summed E-state index contributed by atoms with van der Waals surface area (Å²) in [6.45, 7) is 6.13. The van der Waals surface area contributed by atoms with Gasteiger partial charge in [-0.05, 0) is 11.6 Å². The van der Waals surface area contributed by atoms with Crippen LogP contribution in [-0.2, 0) is 19.1 Å². The maximum absolute atomic E-state index is 13.5. The molecule has 0 saturated carbocycles. The molecule has 1 aromatic rings. The van der Waals surface area contributed by atoms with Gasteiger partial charge in [-0.25, -0.2) is 0 Å². The Morgan fingerprint density at radius 2 is 1.79 bits per heavy atom. The minimum absolute atomic E-state index is 0.00940. The van der Waals surface area contributed by atoms with Crippen LogP contribution < -0.4 is 4.90 Å². The normalized spacial score (nSPS) is 28.4. The number of imide groups is 1. The molecule has 2 saturated heterocycles. The van der Waals surface area contributed by atoms with Crippen LogP contribution in [0.2, 0.25) is 0 Å². The average Bonchev–Trinajstić information content (AvgIpc) is 3.12. The first-order chi connectivity index (χ1) is 13.3. The Labute approximate surface area is 165 Å². The van der Waals surface area contributed by atoms with Gasteiger partial charge in [0.1, 0.15) is 6.04 Å². The van der Waals surface area contributed by atoms with Crippen molar-refractivity contribution in [3.8, 4) is 0 Å². The Bertz CT molecular complexity index is 870. The van der Waals surface area contributed by atoms with Gasteiger partial charge in [-0.1, -0.05) is 51.1 Å². The standard InChI is InChI=1S/C22H26N2O4/c1-22(2,3)19(25)18-17-16(20(26)23(21(17)27)11-12-28-4)15-10-9-13-7-5-6-8-14(13)24(15)18/h5-10,15-18H,11-12H2,1-4H3/t15-,16+,17+,18-/m1/s1. The summed E-state index contributed by atoms with van der Waals surface area (Å²) in [6.07, 6.45) is 3.97. The van der Waals surface area contributed by atoms with Crippen molar-refractivity contribution in [1.29, 1.82) is 0 Å². The van der Waals surface area contributed by atoms with Crippen LogP contribution in [0.25, 0.3) is 6.08 Å². The summed E-state index contributed by atoms with van der Waals surface area (Å²) in [5.74, 6) is -1.66. The number of fused-ring (bicyclic) bond motifs is 5. The van der Waals surface area contributed by atoms with E-state index in [0.29, 0.717) is 6.61 Å². The Hall–Kier alpha value is -2.47. The van der Waals surface area contributed by atoms with Crippen LogP contribution in [0.5, 0.6) is 0 Å². The number of likely N-dealkylation sites (tertiary alicyclic amines) is 1. The zero-order valence-electron chi connectivity index (χ0n) is 16.7. The lowest BCUT2D eigenvalue weighted by molar-refractivity contribution is -0.142. The summed E-state index contributed by atoms with van der Waals surface area (Å²) in [4.78, 5) is 43.2. The molecular weight excluding hydrogens is 356 g/mol. The summed E-state index contributed by atoms with van der Waals surface area (Å²) in [7, 11) is 1.54. The first-order valence-electron chi connectivity index (χ1n) is 9.71. The number of nitrogens with zero attached hydrogens (tertiary/aromatic N) is 2. The van der Waals surface area contributed by atoms with Crippen molar-refractivity contribution in [3.05, 3.63) is 35.9 Å². The highest BCUT2D eigenvalue weighted by molar-refractivity contribution is 6.11. The average molecular weight is 382 g/mol. The van der Waals surface area contributed by atoms with Crippen molar-refractivity contribution >= 4 is 29.4 Å². The number of ether oxygens (including phenoxy) is 1. The van der Waals surface area contributed by atoms with Crippen LogP contribution in [-0.4, -0.2) is 54.8 Å². The number of hydrogen-bond donors (Lipinski definition) is 0. The molecule has 0 aliphatic carbocycles. The highest BCUT2D eigenvalue weighted by Gasteiger charge is 2.64. The Morgan fingerprint density at radius 3 is 2.46 bits per heavy atom. The third-order valence-electron chi connectivity index (χ3n) is 6.03. The fourth-order valence-corrected chi connectivity index (χ4v) is 4.72. The Kier molecular flexibility index (Phi) is 4.42. The van der Waals surface area contributed by atoms with Crippen molar-refractivity contribution in [2.24, 2.45) is 17.3 Å². The van der Waals surface area contributed by atoms with E-state index in [0.717, 1.165) is 11.3 Å². The maximum atomic E-state index is 13.5. The molecule has 3 aliphatic heterocycles. The SMILES string of the molecule is COCCN1C(=O)[C@@H]2[C@H](C1=O)[C@H](C(=O)C(C)(C)C)N1c3ccccc3C=C[C@H]21. The van der Waals surface area contributed by atoms with E-state index in [1.54, 1.807) is 7.11 Å². The number of ketones is 1. The predicted octanol–water partition coefficient (Wildman–Crippen LogP) is 2.13. The lowest BCUT2D eigenvalue weighted by Gasteiger charge is -2.38. The zero-order valence-corrected chi connectivity index (χ0v) is 16.7. The number of benzene rings is 1. The second-order valence-corrected chi connectivity index (χ2v) is 8.75. The second-order valence-electron chi connectivity index (χ2n) is 8.75. The number of hydrogen-bond acceptors (Lipinski definition) is 5. The molecule has 0 bridgehead atoms. The highest BCUT2D eigenvalue weighted by atomic mass is 16.5. The summed E-state index contributed by atoms with van der Waals surface area (Å²) >= 11 is 0. The van der Waals surface area contributed by atoms with Crippen molar-refractivity contribution in [3.63, 3.8) is 0 Å². The van der Waals surface area contributed by atoms with E-state index in [1.807, 2.05) is 62.1 Å². The number of rotatable bonds is 4. The fraction of sp³-hybridized carbons (Fsp3) is 0.500. The monoisotopic (exact) mass is 382 g/mol. The molecule has 3 aliphatic rings. The maximum Gasteiger partial charge on any atom is 0.235 e. The molecule has 0 aromatic heterocycles. The largest absolute Gasteiger partial charge is 0.383 e. The zero-order chi connectivity index (χ0) is 20.2. The number of Topliss-reactive ketones (excluding diaryl/α,β-unsaturated/α-hetero) is 1. The minimum Gasteiger partial charge on any atom is -0.383 e. The first-order valence-corrected chi connectivity index (χ1v) is 9.71. The van der Waals surface area contributed by atoms with Crippen molar-refractivity contribution in [2.75, 3.05) is 25.2 Å². The van der Waals surface area contributed by atoms with E-state index in [9.17, 15) is 14.4 Å². The molecule has 2 fully saturated rings. The van der Waals surface area contributed by atoms with Crippen molar-refractivity contribution < 1.29 is 19.1 Å². The predicted molar refractivity (Wildman–Crippen MR) is 106 cm³/mol. The Morgan fingerprint density at radius 1 is 1.11 bits per heavy atom. The van der Waals surface area contributed by atoms with Gasteiger partial charge in [-0.2, -0.15) is 0 Å². The molecule has 4 rings (SSSR count). The van der Waals surface area contributed by atoms with E-state index in [4.69, 9.17) is 4.74 Å². The number of para-hydroxylation sites is 1. The summed E-state index contributed by atoms with van der Waals surface area (Å²) < 4.78 is 5.07. The molecular formula is C22H26N2O4. The van der Waals surface area contributed by atoms with Gasteiger partial charge in [0.2, 0.25) is 11.8 Å². The van der Waals surface area contributed by atoms with Gasteiger partial charge in [-0.15, -0.1) is 0 Å². The minimum atomic E-state index is -0.656. The van der Waals surface area contributed by atoms with E-state index >= 15 is 0 Å². The van der Waals surface area contributed by atoms with Crippen LogP contribution in [0.3, 0.4) is 0 Å². The first kappa shape index (κ1) is 18.9. The molecule has 0 radical (unpaired) electrons. The van der Waals surface area contributed by atoms with E-state index < -0.39 is 23.3 Å². The number of amides is 2. The summed E-state index contributed by atoms with van der Waals surface area (Å²) in [6, 6.07) is 6.89. The second kappa shape index (κ2) is 6.55. The van der Waals surface area contributed by atoms with Gasteiger partial charge in [0.15, 0.2) is 5.78 Å². The third-order valence-corrected chi connectivity index (χ3v) is 6.03. The van der Waals surface area contributed by atoms with Crippen LogP contribution in [0.4, 0.5) is 5.69 Å². The number of carbonyl (C=O) groups is 3. The van der Waals surface area contributed by atoms with Crippen LogP contribution in [0.1, 0.15) is 26.3 Å². The van der Waals surface area contributed by atoms with Gasteiger partial charge in [0.05, 0.1) is 31.0 Å². The van der Waals surface area contributed by atoms with Gasteiger partial charge < -0.3 is 9.64 Å². The van der Waals surface area contributed by atoms with Crippen molar-refractivity contribution in [1.82, 2.24) is 4.90 Å². The van der Waals surface area contributed by atoms with Crippen molar-refractivity contribution in [2.45, 2.75) is 32.9 Å². The fourth-order valence-electron chi connectivity index (χ4n) is 4.72. The summed E-state index contributed by atoms with van der Waals surface area (Å²) in [5, 5.41) is 0. The van der Waals surface area contributed by atoms with E-state index in [-0.39, 0.29) is 30.2 Å². The molecule has 6 heteroatoms. The van der Waals surface area contributed by atoms with Gasteiger partial charge in [0, 0.05) is 18.2 Å². The number of methoxy groups -OCH3 is 1. The quantitative estimate of drug-likeness (QED) is 0.747. The molecule has 4 atom stereocenters. The molecule has 2 amide bonds.